The summed E-state index contributed by atoms with van der Waals surface area (Å²) in [5.41, 5.74) is 3.96. The maximum absolute atomic E-state index is 12.4. The first-order chi connectivity index (χ1) is 13.9. The number of carbonyl (C=O) groups is 2. The maximum atomic E-state index is 12.4. The molecule has 0 radical (unpaired) electrons. The number of thioether (sulfide) groups is 1. The van der Waals surface area contributed by atoms with E-state index in [9.17, 15) is 9.59 Å². The molecule has 2 amide bonds. The zero-order valence-corrected chi connectivity index (χ0v) is 17.7. The van der Waals surface area contributed by atoms with Gasteiger partial charge in [-0.15, -0.1) is 11.8 Å². The molecule has 0 saturated carbocycles. The van der Waals surface area contributed by atoms with E-state index in [1.807, 2.05) is 68.4 Å². The summed E-state index contributed by atoms with van der Waals surface area (Å²) in [5.74, 6) is -0.0326. The van der Waals surface area contributed by atoms with E-state index in [1.165, 1.54) is 11.8 Å². The highest BCUT2D eigenvalue weighted by atomic mass is 35.5. The Morgan fingerprint density at radius 2 is 1.66 bits per heavy atom. The molecule has 3 aromatic carbocycles. The largest absolute Gasteiger partial charge is 0.325 e. The van der Waals surface area contributed by atoms with Crippen LogP contribution in [0.3, 0.4) is 0 Å². The zero-order chi connectivity index (χ0) is 20.8. The fourth-order valence-electron chi connectivity index (χ4n) is 2.67. The molecule has 0 unspecified atom stereocenters. The number of nitrogens with one attached hydrogen (secondary N) is 2. The van der Waals surface area contributed by atoms with Crippen molar-refractivity contribution in [2.45, 2.75) is 18.7 Å². The fraction of sp³-hybridized carbons (Fsp3) is 0.130. The molecule has 0 fully saturated rings. The molecule has 0 aliphatic carbocycles. The second-order valence-corrected chi connectivity index (χ2v) is 8.11. The van der Waals surface area contributed by atoms with Crippen LogP contribution in [-0.2, 0) is 4.79 Å². The standard InChI is InChI=1S/C23H21ClN2O2S/c1-15-5-3-6-17(11-15)23(28)26-18-7-4-8-20(12-18)29-14-22(27)25-19-10-9-16(2)21(24)13-19/h3-13H,14H2,1-2H3,(H,25,27)(H,26,28). The van der Waals surface area contributed by atoms with Crippen LogP contribution in [0.25, 0.3) is 0 Å². The number of anilines is 2. The first kappa shape index (κ1) is 21.0. The Morgan fingerprint density at radius 1 is 0.897 bits per heavy atom. The topological polar surface area (TPSA) is 58.2 Å². The van der Waals surface area contributed by atoms with Crippen molar-refractivity contribution in [1.82, 2.24) is 0 Å². The van der Waals surface area contributed by atoms with Gasteiger partial charge in [0.05, 0.1) is 5.75 Å². The molecule has 3 aromatic rings. The summed E-state index contributed by atoms with van der Waals surface area (Å²) in [5, 5.41) is 6.36. The van der Waals surface area contributed by atoms with Gasteiger partial charge >= 0.3 is 0 Å². The quantitative estimate of drug-likeness (QED) is 0.481. The molecule has 4 nitrogen and oxygen atoms in total. The molecule has 0 bridgehead atoms. The highest BCUT2D eigenvalue weighted by Gasteiger charge is 2.08. The van der Waals surface area contributed by atoms with E-state index in [1.54, 1.807) is 12.1 Å². The van der Waals surface area contributed by atoms with Gasteiger partial charge < -0.3 is 10.6 Å². The van der Waals surface area contributed by atoms with Crippen molar-refractivity contribution >= 4 is 46.6 Å². The van der Waals surface area contributed by atoms with Gasteiger partial charge in [-0.1, -0.05) is 41.4 Å². The third-order valence-electron chi connectivity index (χ3n) is 4.20. The van der Waals surface area contributed by atoms with Crippen molar-refractivity contribution in [2.24, 2.45) is 0 Å². The first-order valence-corrected chi connectivity index (χ1v) is 10.4. The molecule has 0 atom stereocenters. The minimum atomic E-state index is -0.162. The molecular formula is C23H21ClN2O2S. The fourth-order valence-corrected chi connectivity index (χ4v) is 3.61. The molecule has 0 heterocycles. The van der Waals surface area contributed by atoms with Crippen molar-refractivity contribution < 1.29 is 9.59 Å². The van der Waals surface area contributed by atoms with Gasteiger partial charge in [0, 0.05) is 26.9 Å². The first-order valence-electron chi connectivity index (χ1n) is 9.07. The number of hydrogen-bond acceptors (Lipinski definition) is 3. The molecular weight excluding hydrogens is 404 g/mol. The van der Waals surface area contributed by atoms with E-state index in [0.717, 1.165) is 16.0 Å². The minimum absolute atomic E-state index is 0.121. The van der Waals surface area contributed by atoms with Gasteiger partial charge in [-0.3, -0.25) is 9.59 Å². The Morgan fingerprint density at radius 3 is 2.41 bits per heavy atom. The zero-order valence-electron chi connectivity index (χ0n) is 16.2. The second-order valence-electron chi connectivity index (χ2n) is 6.65. The van der Waals surface area contributed by atoms with Crippen LogP contribution in [0, 0.1) is 13.8 Å². The lowest BCUT2D eigenvalue weighted by molar-refractivity contribution is -0.113. The van der Waals surface area contributed by atoms with Crippen LogP contribution in [-0.4, -0.2) is 17.6 Å². The van der Waals surface area contributed by atoms with Gasteiger partial charge in [-0.25, -0.2) is 0 Å². The molecule has 0 aliphatic heterocycles. The Balaban J connectivity index is 1.57. The Hall–Kier alpha value is -2.76. The normalized spacial score (nSPS) is 10.4. The van der Waals surface area contributed by atoms with Gasteiger partial charge in [-0.05, 0) is 61.9 Å². The predicted molar refractivity (Wildman–Crippen MR) is 121 cm³/mol. The van der Waals surface area contributed by atoms with Crippen LogP contribution in [0.2, 0.25) is 5.02 Å². The molecule has 0 spiro atoms. The maximum Gasteiger partial charge on any atom is 0.255 e. The molecule has 148 valence electrons. The summed E-state index contributed by atoms with van der Waals surface area (Å²) in [6, 6.07) is 20.3. The number of aryl methyl sites for hydroxylation is 2. The summed E-state index contributed by atoms with van der Waals surface area (Å²) < 4.78 is 0. The molecule has 3 rings (SSSR count). The lowest BCUT2D eigenvalue weighted by atomic mass is 10.1. The number of rotatable bonds is 6. The van der Waals surface area contributed by atoms with E-state index < -0.39 is 0 Å². The van der Waals surface area contributed by atoms with Crippen molar-refractivity contribution in [3.8, 4) is 0 Å². The summed E-state index contributed by atoms with van der Waals surface area (Å²) >= 11 is 7.49. The SMILES string of the molecule is Cc1cccc(C(=O)Nc2cccc(SCC(=O)Nc3ccc(C)c(Cl)c3)c2)c1. The average Bonchev–Trinajstić information content (AvgIpc) is 2.69. The van der Waals surface area contributed by atoms with Crippen LogP contribution < -0.4 is 10.6 Å². The molecule has 29 heavy (non-hydrogen) atoms. The van der Waals surface area contributed by atoms with Crippen LogP contribution in [0.1, 0.15) is 21.5 Å². The Labute approximate surface area is 179 Å². The van der Waals surface area contributed by atoms with E-state index >= 15 is 0 Å². The minimum Gasteiger partial charge on any atom is -0.325 e. The van der Waals surface area contributed by atoms with Crippen LogP contribution >= 0.6 is 23.4 Å². The Kier molecular flexibility index (Phi) is 6.96. The predicted octanol–water partition coefficient (Wildman–Crippen LogP) is 5.94. The summed E-state index contributed by atoms with van der Waals surface area (Å²) in [7, 11) is 0. The van der Waals surface area contributed by atoms with Gasteiger partial charge in [0.15, 0.2) is 0 Å². The van der Waals surface area contributed by atoms with E-state index in [0.29, 0.717) is 22.0 Å². The summed E-state index contributed by atoms with van der Waals surface area (Å²) in [4.78, 5) is 25.5. The lowest BCUT2D eigenvalue weighted by Gasteiger charge is -2.09. The van der Waals surface area contributed by atoms with E-state index in [2.05, 4.69) is 10.6 Å². The average molecular weight is 425 g/mol. The molecule has 0 aliphatic rings. The van der Waals surface area contributed by atoms with Gasteiger partial charge in [0.25, 0.3) is 5.91 Å². The molecule has 0 saturated heterocycles. The molecule has 2 N–H and O–H groups in total. The lowest BCUT2D eigenvalue weighted by Crippen LogP contribution is -2.14. The van der Waals surface area contributed by atoms with Crippen molar-refractivity contribution in [3.05, 3.63) is 88.4 Å². The molecule has 6 heteroatoms. The van der Waals surface area contributed by atoms with E-state index in [-0.39, 0.29) is 17.6 Å². The number of carbonyl (C=O) groups excluding carboxylic acids is 2. The van der Waals surface area contributed by atoms with Crippen LogP contribution in [0.4, 0.5) is 11.4 Å². The van der Waals surface area contributed by atoms with Gasteiger partial charge in [0.2, 0.25) is 5.91 Å². The number of hydrogen-bond donors (Lipinski definition) is 2. The summed E-state index contributed by atoms with van der Waals surface area (Å²) in [6.07, 6.45) is 0. The highest BCUT2D eigenvalue weighted by Crippen LogP contribution is 2.24. The van der Waals surface area contributed by atoms with Gasteiger partial charge in [-0.2, -0.15) is 0 Å². The van der Waals surface area contributed by atoms with Gasteiger partial charge in [0.1, 0.15) is 0 Å². The smallest absolute Gasteiger partial charge is 0.255 e. The Bertz CT molecular complexity index is 1050. The second kappa shape index (κ2) is 9.63. The third kappa shape index (κ3) is 6.11. The van der Waals surface area contributed by atoms with Crippen molar-refractivity contribution in [1.29, 1.82) is 0 Å². The summed E-state index contributed by atoms with van der Waals surface area (Å²) in [6.45, 7) is 3.86. The number of amides is 2. The third-order valence-corrected chi connectivity index (χ3v) is 5.60. The van der Waals surface area contributed by atoms with Crippen molar-refractivity contribution in [2.75, 3.05) is 16.4 Å². The number of halogens is 1. The van der Waals surface area contributed by atoms with Crippen molar-refractivity contribution in [3.63, 3.8) is 0 Å². The highest BCUT2D eigenvalue weighted by molar-refractivity contribution is 8.00. The van der Waals surface area contributed by atoms with Crippen LogP contribution in [0.15, 0.2) is 71.6 Å². The number of benzene rings is 3. The van der Waals surface area contributed by atoms with Crippen LogP contribution in [0.5, 0.6) is 0 Å². The molecule has 0 aromatic heterocycles. The monoisotopic (exact) mass is 424 g/mol. The van der Waals surface area contributed by atoms with E-state index in [4.69, 9.17) is 11.6 Å².